The van der Waals surface area contributed by atoms with Gasteiger partial charge in [0.05, 0.1) is 18.8 Å². The van der Waals surface area contributed by atoms with E-state index in [0.717, 1.165) is 70.6 Å². The van der Waals surface area contributed by atoms with Crippen molar-refractivity contribution in [3.8, 4) is 0 Å². The number of amides is 1. The number of hydrogen-bond acceptors (Lipinski definition) is 3. The molecule has 0 saturated carbocycles. The average molecular weight is 736 g/mol. The topological polar surface area (TPSA) is 69.6 Å². The van der Waals surface area contributed by atoms with Gasteiger partial charge in [0.25, 0.3) is 0 Å². The van der Waals surface area contributed by atoms with E-state index in [4.69, 9.17) is 0 Å². The molecule has 0 aromatic heterocycles. The van der Waals surface area contributed by atoms with Crippen LogP contribution in [0.3, 0.4) is 0 Å². The fourth-order valence-corrected chi connectivity index (χ4v) is 6.24. The van der Waals surface area contributed by atoms with Crippen molar-refractivity contribution in [2.24, 2.45) is 0 Å². The molecule has 0 aromatic rings. The third-order valence-corrected chi connectivity index (χ3v) is 9.63. The summed E-state index contributed by atoms with van der Waals surface area (Å²) in [4.78, 5) is 12.4. The number of hydrogen-bond donors (Lipinski definition) is 3. The van der Waals surface area contributed by atoms with Crippen LogP contribution in [0.15, 0.2) is 85.1 Å². The van der Waals surface area contributed by atoms with Gasteiger partial charge in [0, 0.05) is 6.42 Å². The third kappa shape index (κ3) is 40.6. The second-order valence-electron chi connectivity index (χ2n) is 14.7. The molecule has 0 fully saturated rings. The van der Waals surface area contributed by atoms with Crippen LogP contribution in [0.4, 0.5) is 0 Å². The van der Waals surface area contributed by atoms with Gasteiger partial charge >= 0.3 is 0 Å². The quantitative estimate of drug-likeness (QED) is 0.0435. The van der Waals surface area contributed by atoms with Crippen LogP contribution in [-0.4, -0.2) is 34.9 Å². The number of allylic oxidation sites excluding steroid dienone is 13. The van der Waals surface area contributed by atoms with Crippen molar-refractivity contribution in [3.05, 3.63) is 85.1 Å². The summed E-state index contributed by atoms with van der Waals surface area (Å²) < 4.78 is 0. The first kappa shape index (κ1) is 50.6. The van der Waals surface area contributed by atoms with Gasteiger partial charge in [-0.3, -0.25) is 4.79 Å². The SMILES string of the molecule is CC/C=C\C/C=C\C/C=C\C/C=C\C/C=C\C/C=C\CCCCCCCCCCC(=O)NC(CO)C(O)/C=C/CCCCCCCCCCCCCC. The van der Waals surface area contributed by atoms with Crippen LogP contribution in [0.1, 0.15) is 200 Å². The predicted molar refractivity (Wildman–Crippen MR) is 234 cm³/mol. The molecule has 0 spiro atoms. The number of aliphatic hydroxyl groups excluding tert-OH is 2. The van der Waals surface area contributed by atoms with E-state index in [1.165, 1.54) is 109 Å². The molecule has 0 aliphatic heterocycles. The van der Waals surface area contributed by atoms with E-state index in [2.05, 4.69) is 92.1 Å². The van der Waals surface area contributed by atoms with Gasteiger partial charge in [-0.2, -0.15) is 0 Å². The molecule has 0 aliphatic carbocycles. The van der Waals surface area contributed by atoms with Crippen molar-refractivity contribution < 1.29 is 15.0 Å². The number of rotatable bonds is 39. The minimum Gasteiger partial charge on any atom is -0.394 e. The van der Waals surface area contributed by atoms with Crippen molar-refractivity contribution in [1.82, 2.24) is 5.32 Å². The molecule has 0 heterocycles. The van der Waals surface area contributed by atoms with Crippen molar-refractivity contribution in [2.45, 2.75) is 212 Å². The number of carbonyl (C=O) groups is 1. The summed E-state index contributed by atoms with van der Waals surface area (Å²) in [5, 5.41) is 23.0. The molecule has 0 radical (unpaired) electrons. The van der Waals surface area contributed by atoms with E-state index < -0.39 is 12.1 Å². The molecule has 0 saturated heterocycles. The Morgan fingerprint density at radius 1 is 0.472 bits per heavy atom. The molecule has 53 heavy (non-hydrogen) atoms. The zero-order valence-corrected chi connectivity index (χ0v) is 34.8. The maximum atomic E-state index is 12.4. The van der Waals surface area contributed by atoms with Crippen molar-refractivity contribution in [3.63, 3.8) is 0 Å². The lowest BCUT2D eigenvalue weighted by Gasteiger charge is -2.20. The summed E-state index contributed by atoms with van der Waals surface area (Å²) in [5.41, 5.74) is 0. The Kier molecular flexibility index (Phi) is 42.0. The Balaban J connectivity index is 3.63. The minimum absolute atomic E-state index is 0.0770. The molecule has 2 unspecified atom stereocenters. The van der Waals surface area contributed by atoms with Crippen LogP contribution >= 0.6 is 0 Å². The van der Waals surface area contributed by atoms with E-state index in [1.54, 1.807) is 6.08 Å². The summed E-state index contributed by atoms with van der Waals surface area (Å²) in [7, 11) is 0. The van der Waals surface area contributed by atoms with Crippen molar-refractivity contribution >= 4 is 5.91 Å². The normalized spacial score (nSPS) is 13.8. The van der Waals surface area contributed by atoms with Crippen LogP contribution < -0.4 is 5.32 Å². The molecule has 2 atom stereocenters. The molecule has 1 amide bonds. The smallest absolute Gasteiger partial charge is 0.220 e. The summed E-state index contributed by atoms with van der Waals surface area (Å²) in [6.45, 7) is 4.18. The van der Waals surface area contributed by atoms with E-state index in [1.807, 2.05) is 6.08 Å². The zero-order valence-electron chi connectivity index (χ0n) is 34.8. The molecular formula is C49H85NO3. The molecule has 4 heteroatoms. The highest BCUT2D eigenvalue weighted by molar-refractivity contribution is 5.76. The average Bonchev–Trinajstić information content (AvgIpc) is 3.16. The number of carbonyl (C=O) groups excluding carboxylic acids is 1. The van der Waals surface area contributed by atoms with Crippen LogP contribution in [0.2, 0.25) is 0 Å². The second kappa shape index (κ2) is 44.0. The molecule has 0 bridgehead atoms. The number of unbranched alkanes of at least 4 members (excludes halogenated alkanes) is 20. The molecule has 304 valence electrons. The first-order chi connectivity index (χ1) is 26.2. The first-order valence-corrected chi connectivity index (χ1v) is 22.3. The number of nitrogens with one attached hydrogen (secondary N) is 1. The van der Waals surface area contributed by atoms with Gasteiger partial charge in [0.15, 0.2) is 0 Å². The van der Waals surface area contributed by atoms with E-state index in [0.29, 0.717) is 6.42 Å². The van der Waals surface area contributed by atoms with E-state index >= 15 is 0 Å². The van der Waals surface area contributed by atoms with E-state index in [9.17, 15) is 15.0 Å². The summed E-state index contributed by atoms with van der Waals surface area (Å²) >= 11 is 0. The molecule has 4 nitrogen and oxygen atoms in total. The maximum absolute atomic E-state index is 12.4. The fourth-order valence-electron chi connectivity index (χ4n) is 6.24. The van der Waals surface area contributed by atoms with Gasteiger partial charge in [0.2, 0.25) is 5.91 Å². The summed E-state index contributed by atoms with van der Waals surface area (Å²) in [6, 6.07) is -0.631. The molecular weight excluding hydrogens is 651 g/mol. The maximum Gasteiger partial charge on any atom is 0.220 e. The molecule has 0 aromatic carbocycles. The monoisotopic (exact) mass is 736 g/mol. The first-order valence-electron chi connectivity index (χ1n) is 22.3. The lowest BCUT2D eigenvalue weighted by Crippen LogP contribution is -2.45. The summed E-state index contributed by atoms with van der Waals surface area (Å²) in [6.07, 6.45) is 64.0. The lowest BCUT2D eigenvalue weighted by molar-refractivity contribution is -0.123. The predicted octanol–water partition coefficient (Wildman–Crippen LogP) is 14.1. The second-order valence-corrected chi connectivity index (χ2v) is 14.7. The van der Waals surface area contributed by atoms with Crippen LogP contribution in [0.5, 0.6) is 0 Å². The van der Waals surface area contributed by atoms with Gasteiger partial charge in [-0.05, 0) is 70.6 Å². The van der Waals surface area contributed by atoms with Gasteiger partial charge in [-0.15, -0.1) is 0 Å². The van der Waals surface area contributed by atoms with Crippen LogP contribution in [0, 0.1) is 0 Å². The van der Waals surface area contributed by atoms with Crippen molar-refractivity contribution in [2.75, 3.05) is 6.61 Å². The van der Waals surface area contributed by atoms with Crippen LogP contribution in [0.25, 0.3) is 0 Å². The Morgan fingerprint density at radius 3 is 1.25 bits per heavy atom. The number of aliphatic hydroxyl groups is 2. The highest BCUT2D eigenvalue weighted by Gasteiger charge is 2.17. The summed E-state index contributed by atoms with van der Waals surface area (Å²) in [5.74, 6) is -0.0770. The Bertz CT molecular complexity index is 972. The van der Waals surface area contributed by atoms with E-state index in [-0.39, 0.29) is 12.5 Å². The minimum atomic E-state index is -0.847. The third-order valence-electron chi connectivity index (χ3n) is 9.63. The standard InChI is InChI=1S/C49H85NO3/c1-3-5-7-9-11-13-15-17-19-20-21-22-23-24-25-26-27-28-29-30-31-33-35-37-39-41-43-45-49(53)50-47(46-51)48(52)44-42-40-38-36-34-32-18-16-14-12-10-8-6-4-2/h5,7,11,13,17,19,21-22,24-25,27-28,42,44,47-48,51-52H,3-4,6,8-10,12,14-16,18,20,23,26,29-41,43,45-46H2,1-2H3,(H,50,53)/b7-5-,13-11-,19-17-,22-21-,25-24-,28-27-,44-42+. The molecule has 0 rings (SSSR count). The highest BCUT2D eigenvalue weighted by atomic mass is 16.3. The van der Waals surface area contributed by atoms with Gasteiger partial charge in [0.1, 0.15) is 0 Å². The zero-order chi connectivity index (χ0) is 38.6. The highest BCUT2D eigenvalue weighted by Crippen LogP contribution is 2.14. The lowest BCUT2D eigenvalue weighted by atomic mass is 10.0. The van der Waals surface area contributed by atoms with Crippen LogP contribution in [-0.2, 0) is 4.79 Å². The molecule has 0 aliphatic rings. The Labute approximate surface area is 329 Å². The fraction of sp³-hybridized carbons (Fsp3) is 0.694. The van der Waals surface area contributed by atoms with Gasteiger partial charge in [-0.1, -0.05) is 208 Å². The van der Waals surface area contributed by atoms with Crippen molar-refractivity contribution in [1.29, 1.82) is 0 Å². The van der Waals surface area contributed by atoms with Gasteiger partial charge in [-0.25, -0.2) is 0 Å². The van der Waals surface area contributed by atoms with Gasteiger partial charge < -0.3 is 15.5 Å². The largest absolute Gasteiger partial charge is 0.394 e. The Hall–Kier alpha value is -2.43. The Morgan fingerprint density at radius 2 is 0.830 bits per heavy atom. The molecule has 3 N–H and O–H groups in total.